The maximum Gasteiger partial charge on any atom is 0.211 e. The van der Waals surface area contributed by atoms with Gasteiger partial charge in [0.25, 0.3) is 0 Å². The fourth-order valence-corrected chi connectivity index (χ4v) is 4.97. The second-order valence-corrected chi connectivity index (χ2v) is 7.97. The molecule has 0 aromatic heterocycles. The van der Waals surface area contributed by atoms with Crippen LogP contribution in [0, 0.1) is 10.7 Å². The molecule has 1 aliphatic rings. The molecular formula is C12H13I3N+. The highest BCUT2D eigenvalue weighted by Gasteiger charge is 2.44. The smallest absolute Gasteiger partial charge is 0.202 e. The summed E-state index contributed by atoms with van der Waals surface area (Å²) < 4.78 is 6.47. The van der Waals surface area contributed by atoms with Crippen LogP contribution in [0.15, 0.2) is 6.07 Å². The van der Waals surface area contributed by atoms with Crippen molar-refractivity contribution in [2.24, 2.45) is 0 Å². The van der Waals surface area contributed by atoms with Crippen LogP contribution in [0.5, 0.6) is 0 Å². The van der Waals surface area contributed by atoms with Gasteiger partial charge in [-0.05, 0) is 81.6 Å². The van der Waals surface area contributed by atoms with Gasteiger partial charge in [-0.1, -0.05) is 0 Å². The van der Waals surface area contributed by atoms with Gasteiger partial charge in [0.2, 0.25) is 5.69 Å². The van der Waals surface area contributed by atoms with Crippen LogP contribution in [0.4, 0.5) is 5.69 Å². The number of fused-ring (bicyclic) bond motifs is 1. The van der Waals surface area contributed by atoms with E-state index in [1.54, 1.807) is 0 Å². The third-order valence-corrected chi connectivity index (χ3v) is 8.65. The molecule has 0 radical (unpaired) electrons. The number of nitrogens with zero attached hydrogens (tertiary/aromatic N) is 1. The molecule has 1 aliphatic heterocycles. The average Bonchev–Trinajstić information content (AvgIpc) is 2.37. The van der Waals surface area contributed by atoms with Gasteiger partial charge in [-0.3, -0.25) is 0 Å². The van der Waals surface area contributed by atoms with E-state index in [9.17, 15) is 0 Å². The molecule has 0 unspecified atom stereocenters. The summed E-state index contributed by atoms with van der Waals surface area (Å²) in [5.74, 6) is 0. The van der Waals surface area contributed by atoms with E-state index < -0.39 is 0 Å². The van der Waals surface area contributed by atoms with Gasteiger partial charge < -0.3 is 0 Å². The minimum absolute atomic E-state index is 0.158. The fraction of sp³-hybridized carbons (Fsp3) is 0.417. The lowest BCUT2D eigenvalue weighted by atomic mass is 9.82. The molecule has 0 bridgehead atoms. The summed E-state index contributed by atoms with van der Waals surface area (Å²) in [5.41, 5.74) is 4.44. The minimum Gasteiger partial charge on any atom is -0.202 e. The van der Waals surface area contributed by atoms with Crippen molar-refractivity contribution in [2.75, 3.05) is 7.05 Å². The zero-order valence-electron chi connectivity index (χ0n) is 9.66. The summed E-state index contributed by atoms with van der Waals surface area (Å²) in [6.07, 6.45) is 0. The van der Waals surface area contributed by atoms with Crippen molar-refractivity contribution in [1.29, 1.82) is 0 Å². The van der Waals surface area contributed by atoms with Crippen LogP contribution < -0.4 is 0 Å². The third-order valence-electron chi connectivity index (χ3n) is 3.54. The van der Waals surface area contributed by atoms with E-state index in [-0.39, 0.29) is 5.41 Å². The third kappa shape index (κ3) is 1.77. The Morgan fingerprint density at radius 1 is 1.12 bits per heavy atom. The summed E-state index contributed by atoms with van der Waals surface area (Å²) in [4.78, 5) is 0. The lowest BCUT2D eigenvalue weighted by Gasteiger charge is -2.17. The van der Waals surface area contributed by atoms with E-state index in [4.69, 9.17) is 0 Å². The number of halogens is 3. The lowest BCUT2D eigenvalue weighted by molar-refractivity contribution is -0.403. The number of hydrogen-bond acceptors (Lipinski definition) is 0. The fourth-order valence-electron chi connectivity index (χ4n) is 2.22. The Morgan fingerprint density at radius 3 is 2.25 bits per heavy atom. The van der Waals surface area contributed by atoms with Crippen LogP contribution in [0.2, 0.25) is 0 Å². The van der Waals surface area contributed by atoms with Crippen molar-refractivity contribution in [3.05, 3.63) is 22.3 Å². The van der Waals surface area contributed by atoms with Crippen LogP contribution in [0.1, 0.15) is 26.3 Å². The molecule has 4 heteroatoms. The van der Waals surface area contributed by atoms with Crippen LogP contribution in [-0.4, -0.2) is 17.3 Å². The predicted octanol–water partition coefficient (Wildman–Crippen LogP) is 4.53. The molecule has 0 fully saturated rings. The van der Waals surface area contributed by atoms with Crippen molar-refractivity contribution < 1.29 is 4.58 Å². The summed E-state index contributed by atoms with van der Waals surface area (Å²) in [6.45, 7) is 6.86. The van der Waals surface area contributed by atoms with Crippen LogP contribution in [0.25, 0.3) is 0 Å². The first-order chi connectivity index (χ1) is 7.28. The molecule has 0 aliphatic carbocycles. The van der Waals surface area contributed by atoms with Gasteiger partial charge >= 0.3 is 0 Å². The number of rotatable bonds is 0. The largest absolute Gasteiger partial charge is 0.211 e. The SMILES string of the molecule is CC1=[N+](C)c2cc(I)c(I)c(I)c2C1(C)C. The molecule has 0 saturated heterocycles. The summed E-state index contributed by atoms with van der Waals surface area (Å²) >= 11 is 7.36. The van der Waals surface area contributed by atoms with E-state index in [0.29, 0.717) is 0 Å². The summed E-state index contributed by atoms with van der Waals surface area (Å²) in [7, 11) is 2.17. The van der Waals surface area contributed by atoms with Crippen LogP contribution in [0.3, 0.4) is 0 Å². The first-order valence-corrected chi connectivity index (χ1v) is 8.27. The molecule has 86 valence electrons. The van der Waals surface area contributed by atoms with E-state index in [1.165, 1.54) is 27.7 Å². The highest BCUT2D eigenvalue weighted by atomic mass is 127. The maximum atomic E-state index is 2.49. The normalized spacial score (nSPS) is 17.9. The molecule has 0 atom stereocenters. The first kappa shape index (κ1) is 13.5. The molecule has 0 saturated carbocycles. The van der Waals surface area contributed by atoms with Crippen molar-refractivity contribution in [3.8, 4) is 0 Å². The van der Waals surface area contributed by atoms with Crippen molar-refractivity contribution in [2.45, 2.75) is 26.2 Å². The molecule has 0 amide bonds. The topological polar surface area (TPSA) is 3.01 Å². The van der Waals surface area contributed by atoms with Crippen molar-refractivity contribution >= 4 is 79.2 Å². The van der Waals surface area contributed by atoms with Crippen molar-refractivity contribution in [1.82, 2.24) is 0 Å². The van der Waals surface area contributed by atoms with Gasteiger partial charge in [0.15, 0.2) is 5.71 Å². The maximum absolute atomic E-state index is 2.49. The van der Waals surface area contributed by atoms with Gasteiger partial charge in [0, 0.05) is 23.7 Å². The summed E-state index contributed by atoms with van der Waals surface area (Å²) in [6, 6.07) is 2.30. The summed E-state index contributed by atoms with van der Waals surface area (Å²) in [5, 5.41) is 0. The molecule has 0 spiro atoms. The van der Waals surface area contributed by atoms with Gasteiger partial charge in [-0.15, -0.1) is 0 Å². The van der Waals surface area contributed by atoms with Gasteiger partial charge in [-0.2, -0.15) is 0 Å². The highest BCUT2D eigenvalue weighted by Crippen LogP contribution is 2.44. The molecule has 1 aromatic carbocycles. The standard InChI is InChI=1S/C12H13I3N/c1-6-12(2,3)9-8(16(6)4)5-7(13)10(14)11(9)15/h5H,1-4H3/q+1. The van der Waals surface area contributed by atoms with Gasteiger partial charge in [-0.25, -0.2) is 4.58 Å². The zero-order valence-corrected chi connectivity index (χ0v) is 16.1. The highest BCUT2D eigenvalue weighted by molar-refractivity contribution is 14.1. The van der Waals surface area contributed by atoms with Gasteiger partial charge in [0.05, 0.1) is 11.0 Å². The molecule has 2 rings (SSSR count). The Bertz CT molecular complexity index is 515. The Balaban J connectivity index is 2.86. The second kappa shape index (κ2) is 4.32. The lowest BCUT2D eigenvalue weighted by Crippen LogP contribution is -2.26. The van der Waals surface area contributed by atoms with Gasteiger partial charge in [0.1, 0.15) is 7.05 Å². The molecule has 1 aromatic rings. The van der Waals surface area contributed by atoms with Crippen molar-refractivity contribution in [3.63, 3.8) is 0 Å². The Hall–Kier alpha value is 1.08. The van der Waals surface area contributed by atoms with E-state index >= 15 is 0 Å². The molecule has 1 heterocycles. The molecule has 0 N–H and O–H groups in total. The Morgan fingerprint density at radius 2 is 1.69 bits per heavy atom. The quantitative estimate of drug-likeness (QED) is 0.253. The Labute approximate surface area is 138 Å². The van der Waals surface area contributed by atoms with Crippen LogP contribution >= 0.6 is 67.8 Å². The number of hydrogen-bond donors (Lipinski definition) is 0. The zero-order chi connectivity index (χ0) is 12.2. The number of benzene rings is 1. The first-order valence-electron chi connectivity index (χ1n) is 5.04. The molecular weight excluding hydrogens is 539 g/mol. The predicted molar refractivity (Wildman–Crippen MR) is 94.1 cm³/mol. The van der Waals surface area contributed by atoms with E-state index in [0.717, 1.165) is 0 Å². The minimum atomic E-state index is 0.158. The second-order valence-electron chi connectivity index (χ2n) is 4.65. The average molecular weight is 552 g/mol. The Kier molecular flexibility index (Phi) is 3.65. The van der Waals surface area contributed by atoms with E-state index in [1.807, 2.05) is 0 Å². The van der Waals surface area contributed by atoms with Crippen LogP contribution in [-0.2, 0) is 5.41 Å². The molecule has 1 nitrogen and oxygen atoms in total. The molecule has 16 heavy (non-hydrogen) atoms. The van der Waals surface area contributed by atoms with E-state index in [2.05, 4.69) is 106 Å². The monoisotopic (exact) mass is 552 g/mol.